The van der Waals surface area contributed by atoms with Gasteiger partial charge in [-0.3, -0.25) is 9.48 Å². The highest BCUT2D eigenvalue weighted by Gasteiger charge is 2.39. The van der Waals surface area contributed by atoms with Crippen molar-refractivity contribution < 1.29 is 19.0 Å². The molecular formula is C46H46F2N10O4. The second-order valence-corrected chi connectivity index (χ2v) is 16.6. The summed E-state index contributed by atoms with van der Waals surface area (Å²) >= 11 is 0. The van der Waals surface area contributed by atoms with E-state index in [4.69, 9.17) is 5.10 Å². The van der Waals surface area contributed by atoms with Crippen LogP contribution in [0, 0.1) is 11.7 Å². The number of hydrogen-bond donors (Lipinski definition) is 4. The summed E-state index contributed by atoms with van der Waals surface area (Å²) in [6.07, 6.45) is 10.7. The van der Waals surface area contributed by atoms with Gasteiger partial charge < -0.3 is 20.1 Å². The van der Waals surface area contributed by atoms with Crippen LogP contribution in [0.15, 0.2) is 107 Å². The Morgan fingerprint density at radius 3 is 2.55 bits per heavy atom. The summed E-state index contributed by atoms with van der Waals surface area (Å²) in [5.74, 6) is -0.770. The van der Waals surface area contributed by atoms with E-state index in [9.17, 15) is 24.2 Å². The fraction of sp³-hybridized carbons (Fsp3) is 0.304. The first-order valence-electron chi connectivity index (χ1n) is 20.7. The number of nitrogens with zero attached hydrogens (tertiary/aromatic N) is 8. The zero-order chi connectivity index (χ0) is 43.6. The average Bonchev–Trinajstić information content (AvgIpc) is 3.98. The molecule has 2 aliphatic rings. The molecule has 1 aliphatic carbocycles. The number of halogens is 2. The quantitative estimate of drug-likeness (QED) is 0.0995. The number of H-pyrrole nitrogens is 1. The summed E-state index contributed by atoms with van der Waals surface area (Å²) in [4.78, 5) is 31.9. The van der Waals surface area contributed by atoms with E-state index >= 15 is 4.39 Å². The van der Waals surface area contributed by atoms with Crippen molar-refractivity contribution in [1.29, 1.82) is 0 Å². The van der Waals surface area contributed by atoms with Crippen molar-refractivity contribution in [3.63, 3.8) is 0 Å². The Bertz CT molecular complexity index is 3090. The van der Waals surface area contributed by atoms with Crippen molar-refractivity contribution in [2.75, 3.05) is 5.32 Å². The first-order valence-corrected chi connectivity index (χ1v) is 20.7. The van der Waals surface area contributed by atoms with E-state index in [0.29, 0.717) is 63.7 Å². The monoisotopic (exact) mass is 840 g/mol. The third kappa shape index (κ3) is 6.98. The smallest absolute Gasteiger partial charge is 0.348 e. The highest BCUT2D eigenvalue weighted by Crippen LogP contribution is 2.43. The van der Waals surface area contributed by atoms with Crippen LogP contribution in [0.2, 0.25) is 0 Å². The molecule has 0 unspecified atom stereocenters. The van der Waals surface area contributed by atoms with E-state index in [2.05, 4.69) is 36.7 Å². The predicted molar refractivity (Wildman–Crippen MR) is 233 cm³/mol. The molecule has 9 rings (SSSR count). The van der Waals surface area contributed by atoms with E-state index in [-0.39, 0.29) is 40.2 Å². The number of aryl methyl sites for hydroxylation is 1. The van der Waals surface area contributed by atoms with Crippen LogP contribution in [0.4, 0.5) is 14.5 Å². The van der Waals surface area contributed by atoms with Gasteiger partial charge in [0.05, 0.1) is 40.3 Å². The summed E-state index contributed by atoms with van der Waals surface area (Å²) < 4.78 is 36.3. The van der Waals surface area contributed by atoms with Gasteiger partial charge >= 0.3 is 5.69 Å². The van der Waals surface area contributed by atoms with E-state index in [0.717, 1.165) is 30.3 Å². The average molecular weight is 841 g/mol. The Balaban J connectivity index is 0.984. The van der Waals surface area contributed by atoms with E-state index in [1.165, 1.54) is 45.9 Å². The third-order valence-electron chi connectivity index (χ3n) is 12.4. The zero-order valence-corrected chi connectivity index (χ0v) is 34.7. The van der Waals surface area contributed by atoms with Gasteiger partial charge in [0.2, 0.25) is 0 Å². The van der Waals surface area contributed by atoms with Crippen LogP contribution in [-0.2, 0) is 13.6 Å². The van der Waals surface area contributed by atoms with Gasteiger partial charge in [-0.2, -0.15) is 15.3 Å². The lowest BCUT2D eigenvalue weighted by molar-refractivity contribution is 0.237. The van der Waals surface area contributed by atoms with Crippen LogP contribution >= 0.6 is 0 Å². The van der Waals surface area contributed by atoms with Crippen molar-refractivity contribution in [3.05, 3.63) is 141 Å². The minimum atomic E-state index is -0.605. The normalized spacial score (nSPS) is 19.2. The summed E-state index contributed by atoms with van der Waals surface area (Å²) in [5, 5.41) is 42.3. The van der Waals surface area contributed by atoms with Gasteiger partial charge in [0, 0.05) is 47.8 Å². The van der Waals surface area contributed by atoms with Crippen molar-refractivity contribution >= 4 is 27.4 Å². The van der Waals surface area contributed by atoms with Crippen LogP contribution in [-0.4, -0.2) is 60.1 Å². The van der Waals surface area contributed by atoms with Crippen molar-refractivity contribution in [3.8, 4) is 28.6 Å². The summed E-state index contributed by atoms with van der Waals surface area (Å²) in [6, 6.07) is 12.4. The maximum atomic E-state index is 15.3. The lowest BCUT2D eigenvalue weighted by Crippen LogP contribution is -2.39. The summed E-state index contributed by atoms with van der Waals surface area (Å²) in [7, 11) is 1.77. The Morgan fingerprint density at radius 1 is 1.03 bits per heavy atom. The van der Waals surface area contributed by atoms with Gasteiger partial charge in [0.25, 0.3) is 5.56 Å². The molecule has 0 amide bonds. The highest BCUT2D eigenvalue weighted by atomic mass is 19.1. The third-order valence-corrected chi connectivity index (χ3v) is 12.4. The molecule has 1 fully saturated rings. The molecule has 1 saturated carbocycles. The van der Waals surface area contributed by atoms with Gasteiger partial charge in [0.15, 0.2) is 5.82 Å². The minimum absolute atomic E-state index is 0.0310. The van der Waals surface area contributed by atoms with Crippen LogP contribution < -0.4 is 16.6 Å². The fourth-order valence-electron chi connectivity index (χ4n) is 9.21. The molecule has 318 valence electrons. The molecule has 62 heavy (non-hydrogen) atoms. The number of nitrogens with one attached hydrogen (secondary N) is 2. The van der Waals surface area contributed by atoms with Crippen LogP contribution in [0.25, 0.3) is 38.8 Å². The largest absolute Gasteiger partial charge is 0.508 e. The standard InChI is InChI=1S/C46H46F2N10O4/c1-6-28(47)10-7-25(4)41-40(44-49-23-50-55(44)5)42-39-34(18-29(48)19-35(39)51-41)45(61)58(54-42)30-11-8-26(9-12-30)22-56-16-15-27-17-31(13-14-36(27)56)57-43(52-53-46(57)62)33-20-32(24(2)3)37(59)21-38(33)60/h6-7,10,13-21,23-24,26,30,40-41,51,59-60H,4,8-9,11-12,22H2,1-3,5H3,(H,53,62)/b10-7-,28-6+/t26?,30?,40-,41-/m1/s1. The van der Waals surface area contributed by atoms with Crippen LogP contribution in [0.3, 0.4) is 0 Å². The van der Waals surface area contributed by atoms with Crippen molar-refractivity contribution in [1.82, 2.24) is 43.9 Å². The molecular weight excluding hydrogens is 795 g/mol. The molecule has 3 aromatic carbocycles. The van der Waals surface area contributed by atoms with Crippen LogP contribution in [0.1, 0.15) is 81.4 Å². The maximum absolute atomic E-state index is 15.3. The van der Waals surface area contributed by atoms with Crippen LogP contribution in [0.5, 0.6) is 11.5 Å². The summed E-state index contributed by atoms with van der Waals surface area (Å²) in [6.45, 7) is 10.4. The lowest BCUT2D eigenvalue weighted by Gasteiger charge is -2.35. The van der Waals surface area contributed by atoms with Gasteiger partial charge in [-0.25, -0.2) is 32.9 Å². The van der Waals surface area contributed by atoms with Gasteiger partial charge in [-0.15, -0.1) is 0 Å². The molecule has 16 heteroatoms. The van der Waals surface area contributed by atoms with E-state index < -0.39 is 29.3 Å². The first kappa shape index (κ1) is 40.3. The van der Waals surface area contributed by atoms with E-state index in [1.807, 2.05) is 44.3 Å². The fourth-order valence-corrected chi connectivity index (χ4v) is 9.21. The molecule has 0 bridgehead atoms. The number of hydrogen-bond acceptors (Lipinski definition) is 9. The second kappa shape index (κ2) is 15.7. The molecule has 2 atom stereocenters. The molecule has 5 heterocycles. The number of aromatic amines is 1. The van der Waals surface area contributed by atoms with Crippen molar-refractivity contribution in [2.24, 2.45) is 13.0 Å². The topological polar surface area (TPSA) is 174 Å². The number of fused-ring (bicyclic) bond motifs is 1. The van der Waals surface area contributed by atoms with Crippen molar-refractivity contribution in [2.45, 2.75) is 76.9 Å². The number of allylic oxidation sites excluding steroid dienone is 3. The zero-order valence-electron chi connectivity index (χ0n) is 34.7. The highest BCUT2D eigenvalue weighted by molar-refractivity contribution is 5.97. The predicted octanol–water partition coefficient (Wildman–Crippen LogP) is 8.04. The second-order valence-electron chi connectivity index (χ2n) is 16.6. The molecule has 0 spiro atoms. The number of aromatic hydroxyl groups is 2. The van der Waals surface area contributed by atoms with Gasteiger partial charge in [0.1, 0.15) is 35.3 Å². The molecule has 4 N–H and O–H groups in total. The van der Waals surface area contributed by atoms with Gasteiger partial charge in [-0.1, -0.05) is 32.6 Å². The molecule has 14 nitrogen and oxygen atoms in total. The first-order chi connectivity index (χ1) is 29.8. The SMILES string of the molecule is C=C(/C=C\C(F)=C/C)[C@H]1Nc2cc(F)cc3c(=O)n(C4CCC(Cn5ccc6cc(-n7c(-c8cc(C(C)C)c(O)cc8O)n[nH]c7=O)ccc65)CC4)nc(c23)[C@@H]1c1ncnn1C. The Morgan fingerprint density at radius 2 is 1.82 bits per heavy atom. The Hall–Kier alpha value is -7.10. The number of aromatic nitrogens is 9. The minimum Gasteiger partial charge on any atom is -0.508 e. The molecule has 4 aromatic heterocycles. The number of anilines is 1. The molecule has 7 aromatic rings. The number of rotatable bonds is 10. The summed E-state index contributed by atoms with van der Waals surface area (Å²) in [5.41, 5.74) is 3.11. The van der Waals surface area contributed by atoms with Gasteiger partial charge in [-0.05, 0) is 104 Å². The molecule has 1 aliphatic heterocycles. The van der Waals surface area contributed by atoms with E-state index in [1.54, 1.807) is 30.8 Å². The number of phenolic OH excluding ortho intramolecular Hbond substituents is 2. The maximum Gasteiger partial charge on any atom is 0.348 e. The Kier molecular flexibility index (Phi) is 10.2. The lowest BCUT2D eigenvalue weighted by atomic mass is 9.83. The number of benzene rings is 3. The Labute approximate surface area is 354 Å². The molecule has 0 saturated heterocycles. The number of phenols is 2. The molecule has 0 radical (unpaired) electrons.